The van der Waals surface area contributed by atoms with Gasteiger partial charge in [0.05, 0.1) is 15.5 Å². The van der Waals surface area contributed by atoms with Crippen molar-refractivity contribution in [1.29, 1.82) is 10.5 Å². The maximum absolute atomic E-state index is 9.78. The molecule has 2 rings (SSSR count). The molecule has 0 spiro atoms. The van der Waals surface area contributed by atoms with Gasteiger partial charge in [0.25, 0.3) is 0 Å². The van der Waals surface area contributed by atoms with Gasteiger partial charge in [0.2, 0.25) is 0 Å². The first-order valence-electron chi connectivity index (χ1n) is 9.35. The molecule has 28 heavy (non-hydrogen) atoms. The molecule has 0 fully saturated rings. The van der Waals surface area contributed by atoms with Crippen LogP contribution < -0.4 is 4.74 Å². The number of nitrogens with zero attached hydrogens (tertiary/aromatic N) is 2. The summed E-state index contributed by atoms with van der Waals surface area (Å²) in [6.45, 7) is 4.29. The molecule has 3 nitrogen and oxygen atoms in total. The standard InChI is InChI=1S/C22H23ClN2OS2/c1-3-5-12-27-21-19(23)17(14-24)18(15-25)20(22(21)28-13-6-4-2)26-16-10-8-7-9-11-16/h7-11H,3-6,12-13H2,1-2H3. The molecule has 0 bridgehead atoms. The largest absolute Gasteiger partial charge is 0.455 e. The Labute approximate surface area is 181 Å². The first-order chi connectivity index (χ1) is 13.7. The highest BCUT2D eigenvalue weighted by Gasteiger charge is 2.25. The molecule has 0 aliphatic heterocycles. The third-order valence-electron chi connectivity index (χ3n) is 3.98. The lowest BCUT2D eigenvalue weighted by Gasteiger charge is -2.19. The number of benzene rings is 2. The smallest absolute Gasteiger partial charge is 0.161 e. The van der Waals surface area contributed by atoms with Crippen LogP contribution in [0.5, 0.6) is 11.5 Å². The summed E-state index contributed by atoms with van der Waals surface area (Å²) in [5.74, 6) is 2.87. The lowest BCUT2D eigenvalue weighted by Crippen LogP contribution is -2.00. The Balaban J connectivity index is 2.63. The van der Waals surface area contributed by atoms with E-state index in [0.29, 0.717) is 16.5 Å². The fraction of sp³-hybridized carbons (Fsp3) is 0.364. The van der Waals surface area contributed by atoms with Crippen molar-refractivity contribution >= 4 is 35.1 Å². The highest BCUT2D eigenvalue weighted by atomic mass is 35.5. The second-order valence-corrected chi connectivity index (χ2v) is 8.68. The number of ether oxygens (including phenoxy) is 1. The maximum Gasteiger partial charge on any atom is 0.161 e. The Morgan fingerprint density at radius 3 is 2.00 bits per heavy atom. The second-order valence-electron chi connectivity index (χ2n) is 6.09. The normalized spacial score (nSPS) is 10.3. The van der Waals surface area contributed by atoms with E-state index in [0.717, 1.165) is 47.0 Å². The first-order valence-corrected chi connectivity index (χ1v) is 11.7. The van der Waals surface area contributed by atoms with Crippen molar-refractivity contribution in [1.82, 2.24) is 0 Å². The molecule has 146 valence electrons. The van der Waals surface area contributed by atoms with Crippen LogP contribution in [0.15, 0.2) is 40.1 Å². The van der Waals surface area contributed by atoms with Crippen molar-refractivity contribution in [2.24, 2.45) is 0 Å². The lowest BCUT2D eigenvalue weighted by atomic mass is 10.1. The fourth-order valence-corrected chi connectivity index (χ4v) is 5.51. The Bertz CT molecular complexity index is 873. The topological polar surface area (TPSA) is 56.8 Å². The van der Waals surface area contributed by atoms with Crippen LogP contribution in [0, 0.1) is 22.7 Å². The van der Waals surface area contributed by atoms with E-state index in [2.05, 4.69) is 26.0 Å². The summed E-state index contributed by atoms with van der Waals surface area (Å²) in [5.41, 5.74) is 0.393. The first kappa shape index (κ1) is 22.5. The summed E-state index contributed by atoms with van der Waals surface area (Å²) in [6, 6.07) is 13.6. The van der Waals surface area contributed by atoms with Crippen molar-refractivity contribution in [3.05, 3.63) is 46.5 Å². The summed E-state index contributed by atoms with van der Waals surface area (Å²) in [5, 5.41) is 19.8. The molecule has 0 aromatic heterocycles. The third kappa shape index (κ3) is 5.61. The molecule has 0 N–H and O–H groups in total. The van der Waals surface area contributed by atoms with E-state index in [1.54, 1.807) is 23.5 Å². The predicted octanol–water partition coefficient (Wildman–Crippen LogP) is 7.66. The molecular formula is C22H23ClN2OS2. The molecule has 2 aromatic rings. The van der Waals surface area contributed by atoms with E-state index in [4.69, 9.17) is 16.3 Å². The maximum atomic E-state index is 9.78. The van der Waals surface area contributed by atoms with Crippen molar-refractivity contribution in [2.45, 2.75) is 49.3 Å². The average Bonchev–Trinajstić information content (AvgIpc) is 2.72. The van der Waals surface area contributed by atoms with Gasteiger partial charge in [-0.2, -0.15) is 10.5 Å². The van der Waals surface area contributed by atoms with Crippen LogP contribution in [-0.2, 0) is 0 Å². The predicted molar refractivity (Wildman–Crippen MR) is 119 cm³/mol. The molecule has 0 aliphatic carbocycles. The van der Waals surface area contributed by atoms with Crippen LogP contribution in [0.2, 0.25) is 5.02 Å². The van der Waals surface area contributed by atoms with Gasteiger partial charge >= 0.3 is 0 Å². The average molecular weight is 431 g/mol. The van der Waals surface area contributed by atoms with Gasteiger partial charge in [0, 0.05) is 4.90 Å². The Morgan fingerprint density at radius 2 is 1.46 bits per heavy atom. The SMILES string of the molecule is CCCCSc1c(Cl)c(C#N)c(C#N)c(Oc2ccccc2)c1SCCCC. The zero-order chi connectivity index (χ0) is 20.4. The molecule has 0 atom stereocenters. The number of unbranched alkanes of at least 4 members (excludes halogenated alkanes) is 2. The minimum absolute atomic E-state index is 0.189. The monoisotopic (exact) mass is 430 g/mol. The Morgan fingerprint density at radius 1 is 0.893 bits per heavy atom. The molecule has 6 heteroatoms. The zero-order valence-corrected chi connectivity index (χ0v) is 18.5. The van der Waals surface area contributed by atoms with Gasteiger partial charge in [-0.25, -0.2) is 0 Å². The molecule has 0 heterocycles. The number of nitriles is 2. The van der Waals surface area contributed by atoms with Crippen molar-refractivity contribution < 1.29 is 4.74 Å². The van der Waals surface area contributed by atoms with Crippen LogP contribution >= 0.6 is 35.1 Å². The summed E-state index contributed by atoms with van der Waals surface area (Å²) in [7, 11) is 0. The van der Waals surface area contributed by atoms with Gasteiger partial charge in [-0.05, 0) is 36.5 Å². The van der Waals surface area contributed by atoms with Crippen molar-refractivity contribution in [3.63, 3.8) is 0 Å². The molecule has 0 aliphatic rings. The van der Waals surface area contributed by atoms with Gasteiger partial charge in [-0.15, -0.1) is 23.5 Å². The van der Waals surface area contributed by atoms with Crippen LogP contribution in [0.4, 0.5) is 0 Å². The van der Waals surface area contributed by atoms with E-state index < -0.39 is 0 Å². The minimum Gasteiger partial charge on any atom is -0.455 e. The highest BCUT2D eigenvalue weighted by Crippen LogP contribution is 2.48. The molecule has 0 radical (unpaired) electrons. The van der Waals surface area contributed by atoms with E-state index in [9.17, 15) is 10.5 Å². The molecule has 0 saturated heterocycles. The summed E-state index contributed by atoms with van der Waals surface area (Å²) in [4.78, 5) is 1.71. The van der Waals surface area contributed by atoms with Gasteiger partial charge in [-0.1, -0.05) is 56.5 Å². The summed E-state index contributed by atoms with van der Waals surface area (Å²) < 4.78 is 6.14. The van der Waals surface area contributed by atoms with Crippen LogP contribution in [-0.4, -0.2) is 11.5 Å². The van der Waals surface area contributed by atoms with Gasteiger partial charge in [0.1, 0.15) is 23.5 Å². The number of thioether (sulfide) groups is 2. The van der Waals surface area contributed by atoms with Crippen LogP contribution in [0.1, 0.15) is 50.7 Å². The third-order valence-corrected chi connectivity index (χ3v) is 6.96. The van der Waals surface area contributed by atoms with Crippen LogP contribution in [0.3, 0.4) is 0 Å². The molecule has 0 saturated carbocycles. The van der Waals surface area contributed by atoms with Crippen molar-refractivity contribution in [2.75, 3.05) is 11.5 Å². The lowest BCUT2D eigenvalue weighted by molar-refractivity contribution is 0.466. The number of halogens is 1. The quantitative estimate of drug-likeness (QED) is 0.286. The molecular weight excluding hydrogens is 408 g/mol. The Kier molecular flexibility index (Phi) is 9.58. The summed E-state index contributed by atoms with van der Waals surface area (Å²) >= 11 is 9.89. The number of rotatable bonds is 10. The van der Waals surface area contributed by atoms with Crippen molar-refractivity contribution in [3.8, 4) is 23.6 Å². The zero-order valence-electron chi connectivity index (χ0n) is 16.1. The fourth-order valence-electron chi connectivity index (χ4n) is 2.47. The van der Waals surface area contributed by atoms with E-state index in [-0.39, 0.29) is 11.1 Å². The number of hydrogen-bond acceptors (Lipinski definition) is 5. The van der Waals surface area contributed by atoms with E-state index >= 15 is 0 Å². The van der Waals surface area contributed by atoms with Gasteiger partial charge < -0.3 is 4.74 Å². The number of para-hydroxylation sites is 1. The Hall–Kier alpha value is -1.79. The van der Waals surface area contributed by atoms with Gasteiger partial charge in [-0.3, -0.25) is 0 Å². The minimum atomic E-state index is 0.189. The highest BCUT2D eigenvalue weighted by molar-refractivity contribution is 8.02. The molecule has 2 aromatic carbocycles. The van der Waals surface area contributed by atoms with E-state index in [1.165, 1.54) is 0 Å². The van der Waals surface area contributed by atoms with E-state index in [1.807, 2.05) is 30.3 Å². The van der Waals surface area contributed by atoms with Gasteiger partial charge in [0.15, 0.2) is 5.75 Å². The molecule has 0 amide bonds. The second kappa shape index (κ2) is 11.9. The van der Waals surface area contributed by atoms with Crippen LogP contribution in [0.25, 0.3) is 0 Å². The number of hydrogen-bond donors (Lipinski definition) is 0. The summed E-state index contributed by atoms with van der Waals surface area (Å²) in [6.07, 6.45) is 4.26. The molecule has 0 unspecified atom stereocenters.